The molecule has 0 bridgehead atoms. The van der Waals surface area contributed by atoms with E-state index >= 15 is 0 Å². The van der Waals surface area contributed by atoms with Crippen LogP contribution in [0.3, 0.4) is 0 Å². The van der Waals surface area contributed by atoms with E-state index in [-0.39, 0.29) is 0 Å². The fourth-order valence-electron chi connectivity index (χ4n) is 21.1. The fraction of sp³-hybridized carbons (Fsp3) is 0.189. The molecule has 10 nitrogen and oxygen atoms in total. The molecule has 0 N–H and O–H groups in total. The quantitative estimate of drug-likeness (QED) is 0.0816. The van der Waals surface area contributed by atoms with Gasteiger partial charge < -0.3 is 0 Å². The first kappa shape index (κ1) is 96.4. The van der Waals surface area contributed by atoms with Gasteiger partial charge in [0.2, 0.25) is 0 Å². The number of imidazole rings is 5. The molecule has 0 aliphatic carbocycles. The Labute approximate surface area is 839 Å². The third kappa shape index (κ3) is 18.6. The van der Waals surface area contributed by atoms with Crippen molar-refractivity contribution in [1.82, 2.24) is 22.8 Å². The van der Waals surface area contributed by atoms with Crippen LogP contribution in [0.2, 0.25) is 0 Å². The van der Waals surface area contributed by atoms with Crippen molar-refractivity contribution >= 4 is 55.2 Å². The number of benzene rings is 17. The molecule has 17 aromatic carbocycles. The maximum Gasteiger partial charge on any atom is 0.295 e. The van der Waals surface area contributed by atoms with Crippen LogP contribution in [0.1, 0.15) is 154 Å². The average molecular weight is 1860 g/mol. The Hall–Kier alpha value is -15.9. The minimum absolute atomic E-state index is 0.416. The molecule has 706 valence electrons. The zero-order valence-corrected chi connectivity index (χ0v) is 86.1. The monoisotopic (exact) mass is 1860 g/mol. The summed E-state index contributed by atoms with van der Waals surface area (Å²) in [5.41, 5.74) is 43.2. The van der Waals surface area contributed by atoms with Crippen molar-refractivity contribution in [2.45, 2.75) is 133 Å². The number of fused-ring (bicyclic) bond motifs is 5. The molecule has 0 saturated carbocycles. The van der Waals surface area contributed by atoms with E-state index in [1.807, 2.05) is 0 Å². The third-order valence-corrected chi connectivity index (χ3v) is 28.4. The molecular formula is C132H133N10+5. The highest BCUT2D eigenvalue weighted by molar-refractivity contribution is 5.88. The lowest BCUT2D eigenvalue weighted by Gasteiger charge is -2.18. The summed E-state index contributed by atoms with van der Waals surface area (Å²) >= 11 is 0. The van der Waals surface area contributed by atoms with Gasteiger partial charge in [-0.2, -0.15) is 22.8 Å². The molecule has 0 aliphatic rings. The van der Waals surface area contributed by atoms with Gasteiger partial charge in [0.25, 0.3) is 29.1 Å². The van der Waals surface area contributed by atoms with Crippen LogP contribution in [0.15, 0.2) is 413 Å². The van der Waals surface area contributed by atoms with Crippen LogP contribution in [0.4, 0.5) is 0 Å². The van der Waals surface area contributed by atoms with Gasteiger partial charge in [-0.1, -0.05) is 360 Å². The lowest BCUT2D eigenvalue weighted by atomic mass is 9.92. The molecule has 142 heavy (non-hydrogen) atoms. The van der Waals surface area contributed by atoms with Gasteiger partial charge in [0.1, 0.15) is 28.4 Å². The van der Waals surface area contributed by atoms with E-state index in [1.165, 1.54) is 218 Å². The smallest absolute Gasteiger partial charge is 0.225 e. The number of hydrogen-bond acceptors (Lipinski definition) is 0. The van der Waals surface area contributed by atoms with Crippen LogP contribution < -0.4 is 22.8 Å². The maximum atomic E-state index is 2.52. The molecule has 22 rings (SSSR count). The Morgan fingerprint density at radius 3 is 0.894 bits per heavy atom. The summed E-state index contributed by atoms with van der Waals surface area (Å²) in [5, 5.41) is 0. The molecule has 10 heteroatoms. The van der Waals surface area contributed by atoms with Crippen LogP contribution in [-0.2, 0) is 35.2 Å². The number of hydrogen-bond donors (Lipinski definition) is 0. The Balaban J connectivity index is 0.000000118. The maximum absolute atomic E-state index is 2.52. The van der Waals surface area contributed by atoms with Gasteiger partial charge in [0.05, 0.1) is 63.1 Å². The van der Waals surface area contributed by atoms with Crippen molar-refractivity contribution in [1.29, 1.82) is 0 Å². The SMILES string of the molecule is Cc1ccccc1-c1n(-c2c(C(C)C)cccc2C(C)C)c2ccccc2[n+]1C.Cc1ccccc1-c1n(-c2ccccc2)c2ccccc2[n+]1C.Cc1ccccc1-c1n(-c2ccccc2-c2ccccc2)c2ccccc2[n+]1C.Cc1ccccc1-c1n(-c2ccccc2C(C)C)c2ccccc2[n+]1C.Cc1ccccc1-c1n(C)c2cc(-c3ccccc3)ccc2[n+]1-c1c(C(C)C)cccc1C(C)C. The van der Waals surface area contributed by atoms with E-state index in [1.54, 1.807) is 0 Å². The van der Waals surface area contributed by atoms with Crippen molar-refractivity contribution in [3.8, 4) is 108 Å². The zero-order chi connectivity index (χ0) is 99.3. The molecule has 0 amide bonds. The van der Waals surface area contributed by atoms with Crippen molar-refractivity contribution in [3.63, 3.8) is 0 Å². The van der Waals surface area contributed by atoms with E-state index in [9.17, 15) is 0 Å². The number of rotatable bonds is 17. The van der Waals surface area contributed by atoms with Crippen LogP contribution in [-0.4, -0.2) is 22.8 Å². The summed E-state index contributed by atoms with van der Waals surface area (Å²) in [6, 6.07) is 148. The number of nitrogens with zero attached hydrogens (tertiary/aromatic N) is 10. The Morgan fingerprint density at radius 2 is 0.493 bits per heavy atom. The second kappa shape index (κ2) is 42.0. The van der Waals surface area contributed by atoms with Gasteiger partial charge in [0, 0.05) is 33.4 Å². The molecule has 0 saturated heterocycles. The highest BCUT2D eigenvalue weighted by atomic mass is 15.2. The Bertz CT molecular complexity index is 8260. The molecule has 0 atom stereocenters. The fourth-order valence-corrected chi connectivity index (χ4v) is 21.1. The largest absolute Gasteiger partial charge is 0.295 e. The summed E-state index contributed by atoms with van der Waals surface area (Å²) in [5.74, 6) is 8.25. The van der Waals surface area contributed by atoms with Gasteiger partial charge >= 0.3 is 0 Å². The first-order valence-electron chi connectivity index (χ1n) is 50.4. The lowest BCUT2D eigenvalue weighted by Crippen LogP contribution is -2.36. The predicted octanol–water partition coefficient (Wildman–Crippen LogP) is 31.1. The molecule has 0 fully saturated rings. The zero-order valence-electron chi connectivity index (χ0n) is 86.1. The summed E-state index contributed by atoms with van der Waals surface area (Å²) in [6.45, 7) is 33.9. The van der Waals surface area contributed by atoms with E-state index in [4.69, 9.17) is 0 Å². The molecule has 0 unspecified atom stereocenters. The van der Waals surface area contributed by atoms with Gasteiger partial charge in [-0.3, -0.25) is 0 Å². The molecule has 5 heterocycles. The minimum atomic E-state index is 0.416. The second-order valence-electron chi connectivity index (χ2n) is 39.3. The number of para-hydroxylation sites is 13. The summed E-state index contributed by atoms with van der Waals surface area (Å²) in [7, 11) is 10.9. The first-order valence-corrected chi connectivity index (χ1v) is 50.4. The van der Waals surface area contributed by atoms with Crippen molar-refractivity contribution in [3.05, 3.63) is 468 Å². The van der Waals surface area contributed by atoms with Crippen LogP contribution in [0, 0.1) is 34.6 Å². The predicted molar refractivity (Wildman–Crippen MR) is 594 cm³/mol. The second-order valence-corrected chi connectivity index (χ2v) is 39.3. The van der Waals surface area contributed by atoms with Crippen LogP contribution in [0.25, 0.3) is 163 Å². The van der Waals surface area contributed by atoms with E-state index < -0.39 is 0 Å². The molecule has 0 spiro atoms. The molecule has 22 aromatic rings. The number of aryl methyl sites for hydroxylation is 10. The highest BCUT2D eigenvalue weighted by Crippen LogP contribution is 2.42. The van der Waals surface area contributed by atoms with Crippen molar-refractivity contribution in [2.75, 3.05) is 0 Å². The standard InChI is InChI=1S/C33H35N2.C27H23N2.C27H31N2.C24H25N2.C21H19N2/c1-22(2)27-17-12-18-28(23(3)4)32(27)35-30-20-19-26(25-14-8-7-9-15-25)21-31(30)34(6)33(35)29-16-11-10-13-24(29)5;1-20-12-6-7-15-22(20)27-28(2)25-18-10-11-19-26(25)29(27)24-17-9-8-16-23(24)21-13-4-3-5-14-21;1-18(2)21-14-11-15-22(19(3)4)26(21)29-25-17-10-9-16-24(25)28(6)27(29)23-13-8-7-12-20(23)5;1-17(2)19-12-7-8-14-21(19)26-23-16-10-9-15-22(23)25(4)24(26)20-13-6-5-11-18(20)3;1-16-10-6-7-13-18(16)21-22(2)19-14-8-9-15-20(19)23(21)17-11-4-3-5-12-17/h7-23H,1-6H3;3-19H,1-2H3;7-19H,1-6H3;5-17H,1-4H3;3-15H,1-2H3/q5*+1. The van der Waals surface area contributed by atoms with Gasteiger partial charge in [-0.25, -0.2) is 22.8 Å². The first-order chi connectivity index (χ1) is 68.9. The van der Waals surface area contributed by atoms with E-state index in [0.29, 0.717) is 29.6 Å². The minimum Gasteiger partial charge on any atom is -0.225 e. The highest BCUT2D eigenvalue weighted by Gasteiger charge is 2.37. The summed E-state index contributed by atoms with van der Waals surface area (Å²) in [6.07, 6.45) is 0. The number of aromatic nitrogens is 10. The van der Waals surface area contributed by atoms with Crippen molar-refractivity contribution < 1.29 is 22.8 Å². The molecular weight excluding hydrogens is 1730 g/mol. The Kier molecular flexibility index (Phi) is 28.5. The van der Waals surface area contributed by atoms with Gasteiger partial charge in [0.15, 0.2) is 55.2 Å². The average Bonchev–Trinajstić information content (AvgIpc) is 1.58. The lowest BCUT2D eigenvalue weighted by molar-refractivity contribution is -0.634. The van der Waals surface area contributed by atoms with Crippen LogP contribution in [0.5, 0.6) is 0 Å². The van der Waals surface area contributed by atoms with Crippen molar-refractivity contribution in [2.24, 2.45) is 35.2 Å². The summed E-state index contributed by atoms with van der Waals surface area (Å²) < 4.78 is 23.8. The van der Waals surface area contributed by atoms with E-state index in [2.05, 4.69) is 597 Å². The Morgan fingerprint density at radius 1 is 0.204 bits per heavy atom. The topological polar surface area (TPSA) is 44.0 Å². The van der Waals surface area contributed by atoms with Gasteiger partial charge in [-0.05, 0) is 230 Å². The molecule has 5 aromatic heterocycles. The normalized spacial score (nSPS) is 11.4. The molecule has 0 aliphatic heterocycles. The summed E-state index contributed by atoms with van der Waals surface area (Å²) in [4.78, 5) is 0. The van der Waals surface area contributed by atoms with E-state index in [0.717, 1.165) is 0 Å². The van der Waals surface area contributed by atoms with Gasteiger partial charge in [-0.15, -0.1) is 0 Å². The molecule has 0 radical (unpaired) electrons. The van der Waals surface area contributed by atoms with Crippen LogP contribution >= 0.6 is 0 Å². The third-order valence-electron chi connectivity index (χ3n) is 28.4.